The van der Waals surface area contributed by atoms with Crippen LogP contribution in [0.25, 0.3) is 16.8 Å². The number of hydrogen-bond donors (Lipinski definition) is 0. The first-order chi connectivity index (χ1) is 14.5. The van der Waals surface area contributed by atoms with Crippen molar-refractivity contribution >= 4 is 45.6 Å². The molecule has 0 N–H and O–H groups in total. The SMILES string of the molecule is Cc1ccc(-c2ccc3c(c2)N(c2ccc(Cl)cc2)C[C@@H](I)c2nnc(C)n2-3)cn1. The molecule has 0 bridgehead atoms. The van der Waals surface area contributed by atoms with Crippen molar-refractivity contribution in [3.8, 4) is 16.8 Å². The lowest BCUT2D eigenvalue weighted by molar-refractivity contribution is 0.842. The van der Waals surface area contributed by atoms with Gasteiger partial charge < -0.3 is 4.90 Å². The second-order valence-electron chi connectivity index (χ2n) is 7.39. The summed E-state index contributed by atoms with van der Waals surface area (Å²) >= 11 is 8.61. The Kier molecular flexibility index (Phi) is 4.99. The summed E-state index contributed by atoms with van der Waals surface area (Å²) in [6.45, 7) is 4.78. The maximum Gasteiger partial charge on any atom is 0.152 e. The molecule has 5 rings (SSSR count). The lowest BCUT2D eigenvalue weighted by Gasteiger charge is -2.26. The van der Waals surface area contributed by atoms with Crippen molar-refractivity contribution < 1.29 is 0 Å². The Hall–Kier alpha value is -2.45. The van der Waals surface area contributed by atoms with Gasteiger partial charge in [-0.2, -0.15) is 0 Å². The van der Waals surface area contributed by atoms with Crippen LogP contribution in [-0.4, -0.2) is 26.3 Å². The van der Waals surface area contributed by atoms with E-state index in [4.69, 9.17) is 11.6 Å². The number of hydrogen-bond acceptors (Lipinski definition) is 4. The summed E-state index contributed by atoms with van der Waals surface area (Å²) in [5, 5.41) is 9.56. The highest BCUT2D eigenvalue weighted by Crippen LogP contribution is 2.42. The molecule has 0 unspecified atom stereocenters. The van der Waals surface area contributed by atoms with E-state index in [0.717, 1.165) is 57.1 Å². The quantitative estimate of drug-likeness (QED) is 0.229. The van der Waals surface area contributed by atoms with E-state index in [2.05, 4.69) is 83.6 Å². The van der Waals surface area contributed by atoms with E-state index >= 15 is 0 Å². The fraction of sp³-hybridized carbons (Fsp3) is 0.174. The molecule has 0 amide bonds. The van der Waals surface area contributed by atoms with E-state index in [-0.39, 0.29) is 3.92 Å². The van der Waals surface area contributed by atoms with Crippen molar-refractivity contribution in [2.24, 2.45) is 0 Å². The fourth-order valence-corrected chi connectivity index (χ4v) is 4.75. The van der Waals surface area contributed by atoms with Crippen LogP contribution in [0.2, 0.25) is 5.02 Å². The zero-order valence-electron chi connectivity index (χ0n) is 16.5. The predicted octanol–water partition coefficient (Wildman–Crippen LogP) is 6.23. The number of aryl methyl sites for hydroxylation is 2. The fourth-order valence-electron chi connectivity index (χ4n) is 3.83. The summed E-state index contributed by atoms with van der Waals surface area (Å²) in [6, 6.07) is 18.7. The number of aromatic nitrogens is 4. The monoisotopic (exact) mass is 527 g/mol. The van der Waals surface area contributed by atoms with Gasteiger partial charge in [0, 0.05) is 34.7 Å². The third-order valence-electron chi connectivity index (χ3n) is 5.36. The molecule has 30 heavy (non-hydrogen) atoms. The average Bonchev–Trinajstić information content (AvgIpc) is 3.08. The highest BCUT2D eigenvalue weighted by atomic mass is 127. The molecule has 2 aromatic heterocycles. The van der Waals surface area contributed by atoms with Crippen LogP contribution in [0.15, 0.2) is 60.8 Å². The third-order valence-corrected chi connectivity index (χ3v) is 6.57. The molecule has 0 saturated carbocycles. The van der Waals surface area contributed by atoms with E-state index < -0.39 is 0 Å². The molecule has 1 atom stereocenters. The Labute approximate surface area is 193 Å². The van der Waals surface area contributed by atoms with Gasteiger partial charge in [0.15, 0.2) is 5.82 Å². The molecule has 0 spiro atoms. The lowest BCUT2D eigenvalue weighted by Crippen LogP contribution is -2.20. The zero-order chi connectivity index (χ0) is 20.8. The van der Waals surface area contributed by atoms with Crippen molar-refractivity contribution in [1.82, 2.24) is 19.7 Å². The summed E-state index contributed by atoms with van der Waals surface area (Å²) < 4.78 is 2.34. The van der Waals surface area contributed by atoms with Crippen molar-refractivity contribution in [2.45, 2.75) is 17.8 Å². The zero-order valence-corrected chi connectivity index (χ0v) is 19.5. The largest absolute Gasteiger partial charge is 0.338 e. The van der Waals surface area contributed by atoms with E-state index in [9.17, 15) is 0 Å². The topological polar surface area (TPSA) is 46.8 Å². The number of rotatable bonds is 2. The van der Waals surface area contributed by atoms with Crippen molar-refractivity contribution in [2.75, 3.05) is 11.4 Å². The Morgan fingerprint density at radius 2 is 1.70 bits per heavy atom. The Bertz CT molecular complexity index is 1220. The van der Waals surface area contributed by atoms with Gasteiger partial charge in [-0.15, -0.1) is 10.2 Å². The first-order valence-corrected chi connectivity index (χ1v) is 11.3. The van der Waals surface area contributed by atoms with Gasteiger partial charge in [-0.3, -0.25) is 9.55 Å². The highest BCUT2D eigenvalue weighted by molar-refractivity contribution is 14.1. The molecule has 150 valence electrons. The molecular weight excluding hydrogens is 509 g/mol. The minimum atomic E-state index is 0.177. The van der Waals surface area contributed by atoms with E-state index in [1.807, 2.05) is 38.2 Å². The molecule has 0 fully saturated rings. The molecule has 4 aromatic rings. The molecule has 5 nitrogen and oxygen atoms in total. The number of alkyl halides is 1. The molecule has 0 saturated heterocycles. The second kappa shape index (κ2) is 7.67. The summed E-state index contributed by atoms with van der Waals surface area (Å²) in [4.78, 5) is 6.81. The third kappa shape index (κ3) is 3.37. The average molecular weight is 528 g/mol. The normalized spacial score (nSPS) is 15.5. The number of nitrogens with zero attached hydrogens (tertiary/aromatic N) is 5. The van der Waals surface area contributed by atoms with Crippen LogP contribution in [-0.2, 0) is 0 Å². The van der Waals surface area contributed by atoms with Crippen molar-refractivity contribution in [1.29, 1.82) is 0 Å². The van der Waals surface area contributed by atoms with Gasteiger partial charge in [0.05, 0.1) is 15.3 Å². The molecule has 7 heteroatoms. The van der Waals surface area contributed by atoms with Crippen LogP contribution in [0.1, 0.15) is 21.3 Å². The smallest absolute Gasteiger partial charge is 0.152 e. The van der Waals surface area contributed by atoms with Gasteiger partial charge in [0.25, 0.3) is 0 Å². The Balaban J connectivity index is 1.73. The van der Waals surface area contributed by atoms with Crippen LogP contribution < -0.4 is 4.90 Å². The summed E-state index contributed by atoms with van der Waals surface area (Å²) in [5.41, 5.74) is 6.51. The maximum absolute atomic E-state index is 6.16. The van der Waals surface area contributed by atoms with E-state index in [1.54, 1.807) is 0 Å². The molecule has 0 radical (unpaired) electrons. The summed E-state index contributed by atoms with van der Waals surface area (Å²) in [6.07, 6.45) is 1.93. The summed E-state index contributed by atoms with van der Waals surface area (Å²) in [7, 11) is 0. The maximum atomic E-state index is 6.16. The lowest BCUT2D eigenvalue weighted by atomic mass is 10.0. The van der Waals surface area contributed by atoms with Crippen LogP contribution in [0.4, 0.5) is 11.4 Å². The van der Waals surface area contributed by atoms with Gasteiger partial charge in [-0.25, -0.2) is 0 Å². The standard InChI is InChI=1S/C23H19ClIN5/c1-14-3-4-17(12-26-14)16-5-10-21-22(11-16)29(19-8-6-18(24)7-9-19)13-20(25)23-28-27-15(2)30(21)23/h3-12,20H,13H2,1-2H3/t20-/m1/s1. The van der Waals surface area contributed by atoms with Crippen LogP contribution in [0.5, 0.6) is 0 Å². The van der Waals surface area contributed by atoms with Crippen LogP contribution >= 0.6 is 34.2 Å². The van der Waals surface area contributed by atoms with E-state index in [0.29, 0.717) is 0 Å². The molecule has 2 aromatic carbocycles. The Morgan fingerprint density at radius 1 is 0.933 bits per heavy atom. The van der Waals surface area contributed by atoms with Gasteiger partial charge in [-0.1, -0.05) is 46.3 Å². The second-order valence-corrected chi connectivity index (χ2v) is 9.33. The number of pyridine rings is 1. The van der Waals surface area contributed by atoms with Gasteiger partial charge in [-0.05, 0) is 61.9 Å². The summed E-state index contributed by atoms with van der Waals surface area (Å²) in [5.74, 6) is 1.85. The van der Waals surface area contributed by atoms with Crippen LogP contribution in [0, 0.1) is 13.8 Å². The number of anilines is 2. The van der Waals surface area contributed by atoms with Crippen molar-refractivity contribution in [3.05, 3.63) is 83.2 Å². The van der Waals surface area contributed by atoms with Crippen molar-refractivity contribution in [3.63, 3.8) is 0 Å². The highest BCUT2D eigenvalue weighted by Gasteiger charge is 2.29. The first-order valence-electron chi connectivity index (χ1n) is 9.68. The number of fused-ring (bicyclic) bond motifs is 3. The minimum Gasteiger partial charge on any atom is -0.338 e. The molecular formula is C23H19ClIN5. The van der Waals surface area contributed by atoms with Gasteiger partial charge in [0.2, 0.25) is 0 Å². The molecule has 3 heterocycles. The molecule has 0 aliphatic carbocycles. The molecule has 1 aliphatic rings. The minimum absolute atomic E-state index is 0.177. The molecule has 1 aliphatic heterocycles. The predicted molar refractivity (Wildman–Crippen MR) is 129 cm³/mol. The Morgan fingerprint density at radius 3 is 2.43 bits per heavy atom. The van der Waals surface area contributed by atoms with Crippen LogP contribution in [0.3, 0.4) is 0 Å². The van der Waals surface area contributed by atoms with E-state index in [1.165, 1.54) is 0 Å². The first kappa shape index (κ1) is 19.5. The van der Waals surface area contributed by atoms with Gasteiger partial charge >= 0.3 is 0 Å². The van der Waals surface area contributed by atoms with Gasteiger partial charge in [0.1, 0.15) is 5.82 Å². The number of halogens is 2. The number of benzene rings is 2.